The van der Waals surface area contributed by atoms with Gasteiger partial charge < -0.3 is 21.3 Å². The normalized spacial score (nSPS) is 14.7. The maximum atomic E-state index is 9.55. The van der Waals surface area contributed by atoms with Crippen LogP contribution < -0.4 is 11.1 Å². The first kappa shape index (κ1) is 11.7. The summed E-state index contributed by atoms with van der Waals surface area (Å²) in [5.74, 6) is 0.523. The van der Waals surface area contributed by atoms with E-state index in [0.29, 0.717) is 11.5 Å². The van der Waals surface area contributed by atoms with Crippen LogP contribution in [0.1, 0.15) is 12.5 Å². The van der Waals surface area contributed by atoms with Crippen LogP contribution >= 0.6 is 0 Å². The predicted octanol–water partition coefficient (Wildman–Crippen LogP) is 0.127. The molecule has 1 atom stereocenters. The molecule has 84 valence electrons. The molecule has 0 aliphatic carbocycles. The molecule has 15 heavy (non-hydrogen) atoms. The van der Waals surface area contributed by atoms with Crippen LogP contribution in [-0.4, -0.2) is 33.9 Å². The van der Waals surface area contributed by atoms with Gasteiger partial charge in [0.25, 0.3) is 0 Å². The van der Waals surface area contributed by atoms with Gasteiger partial charge in [0, 0.05) is 12.7 Å². The quantitative estimate of drug-likeness (QED) is 0.568. The largest absolute Gasteiger partial charge is 0.396 e. The fraction of sp³-hybridized carbons (Fsp3) is 0.500. The molecule has 0 aliphatic rings. The van der Waals surface area contributed by atoms with Crippen molar-refractivity contribution >= 4 is 11.5 Å². The van der Waals surface area contributed by atoms with Gasteiger partial charge in [0.15, 0.2) is 0 Å². The van der Waals surface area contributed by atoms with E-state index < -0.39 is 5.60 Å². The molecule has 0 aromatic carbocycles. The predicted molar refractivity (Wildman–Crippen MR) is 59.6 cm³/mol. The smallest absolute Gasteiger partial charge is 0.149 e. The van der Waals surface area contributed by atoms with Crippen LogP contribution in [-0.2, 0) is 0 Å². The lowest BCUT2D eigenvalue weighted by Crippen LogP contribution is -2.37. The number of hydrogen-bond donors (Lipinski definition) is 4. The number of nitrogens with two attached hydrogens (primary N) is 1. The number of aliphatic hydroxyl groups is 2. The molecule has 0 radical (unpaired) electrons. The molecule has 1 heterocycles. The minimum absolute atomic E-state index is 0.198. The number of hydrogen-bond acceptors (Lipinski definition) is 5. The van der Waals surface area contributed by atoms with Gasteiger partial charge in [-0.2, -0.15) is 0 Å². The second-order valence-corrected chi connectivity index (χ2v) is 3.96. The summed E-state index contributed by atoms with van der Waals surface area (Å²) < 4.78 is 0. The summed E-state index contributed by atoms with van der Waals surface area (Å²) in [6, 6.07) is 1.79. The van der Waals surface area contributed by atoms with Crippen LogP contribution in [0.15, 0.2) is 12.3 Å². The zero-order valence-corrected chi connectivity index (χ0v) is 8.99. The fourth-order valence-electron chi connectivity index (χ4n) is 1.07. The van der Waals surface area contributed by atoms with E-state index in [1.807, 2.05) is 6.92 Å². The maximum absolute atomic E-state index is 9.55. The molecule has 5 nitrogen and oxygen atoms in total. The lowest BCUT2D eigenvalue weighted by Gasteiger charge is -2.21. The third kappa shape index (κ3) is 3.38. The summed E-state index contributed by atoms with van der Waals surface area (Å²) in [7, 11) is 0. The number of aliphatic hydroxyl groups excluding tert-OH is 1. The summed E-state index contributed by atoms with van der Waals surface area (Å²) in [5, 5.41) is 21.3. The molecule has 1 rings (SSSR count). The molecule has 0 saturated carbocycles. The number of nitrogens with zero attached hydrogens (tertiary/aromatic N) is 1. The van der Waals surface area contributed by atoms with E-state index >= 15 is 0 Å². The highest BCUT2D eigenvalue weighted by molar-refractivity contribution is 5.61. The molecular weight excluding hydrogens is 194 g/mol. The summed E-state index contributed by atoms with van der Waals surface area (Å²) in [6.07, 6.45) is 1.69. The van der Waals surface area contributed by atoms with Gasteiger partial charge in [-0.25, -0.2) is 4.98 Å². The Balaban J connectivity index is 2.66. The number of aryl methyl sites for hydroxylation is 1. The van der Waals surface area contributed by atoms with E-state index in [1.165, 1.54) is 6.92 Å². The van der Waals surface area contributed by atoms with Crippen molar-refractivity contribution in [3.63, 3.8) is 0 Å². The average molecular weight is 211 g/mol. The van der Waals surface area contributed by atoms with Crippen molar-refractivity contribution < 1.29 is 10.2 Å². The number of aromatic nitrogens is 1. The van der Waals surface area contributed by atoms with Gasteiger partial charge in [-0.1, -0.05) is 0 Å². The van der Waals surface area contributed by atoms with Crippen molar-refractivity contribution in [1.29, 1.82) is 0 Å². The molecule has 0 bridgehead atoms. The van der Waals surface area contributed by atoms with E-state index in [1.54, 1.807) is 12.3 Å². The van der Waals surface area contributed by atoms with Gasteiger partial charge in [-0.3, -0.25) is 0 Å². The average Bonchev–Trinajstić information content (AvgIpc) is 2.16. The zero-order chi connectivity index (χ0) is 11.5. The second-order valence-electron chi connectivity index (χ2n) is 3.96. The van der Waals surface area contributed by atoms with E-state index in [4.69, 9.17) is 10.8 Å². The van der Waals surface area contributed by atoms with Gasteiger partial charge in [0.05, 0.1) is 12.3 Å². The topological polar surface area (TPSA) is 91.4 Å². The minimum atomic E-state index is -1.17. The van der Waals surface area contributed by atoms with Gasteiger partial charge in [0.1, 0.15) is 11.4 Å². The Morgan fingerprint density at radius 1 is 1.60 bits per heavy atom. The third-order valence-electron chi connectivity index (χ3n) is 2.03. The summed E-state index contributed by atoms with van der Waals surface area (Å²) in [4.78, 5) is 4.09. The maximum Gasteiger partial charge on any atom is 0.149 e. The van der Waals surface area contributed by atoms with Crippen LogP contribution in [0, 0.1) is 6.92 Å². The highest BCUT2D eigenvalue weighted by atomic mass is 16.3. The molecule has 1 unspecified atom stereocenters. The number of nitrogens with one attached hydrogen (secondary N) is 1. The van der Waals surface area contributed by atoms with Crippen molar-refractivity contribution in [3.05, 3.63) is 17.8 Å². The summed E-state index contributed by atoms with van der Waals surface area (Å²) in [5.41, 5.74) is 6.07. The van der Waals surface area contributed by atoms with Crippen LogP contribution in [0.25, 0.3) is 0 Å². The Morgan fingerprint density at radius 3 is 2.80 bits per heavy atom. The monoisotopic (exact) mass is 211 g/mol. The van der Waals surface area contributed by atoms with Gasteiger partial charge >= 0.3 is 0 Å². The Hall–Kier alpha value is -1.33. The molecule has 0 spiro atoms. The number of pyridine rings is 1. The van der Waals surface area contributed by atoms with Gasteiger partial charge in [-0.05, 0) is 25.5 Å². The molecule has 0 aliphatic heterocycles. The summed E-state index contributed by atoms with van der Waals surface area (Å²) >= 11 is 0. The van der Waals surface area contributed by atoms with Crippen LogP contribution in [0.4, 0.5) is 11.5 Å². The Morgan fingerprint density at radius 2 is 2.27 bits per heavy atom. The van der Waals surface area contributed by atoms with Gasteiger partial charge in [-0.15, -0.1) is 0 Å². The van der Waals surface area contributed by atoms with Crippen molar-refractivity contribution in [3.8, 4) is 0 Å². The highest BCUT2D eigenvalue weighted by Crippen LogP contribution is 2.16. The van der Waals surface area contributed by atoms with E-state index in [-0.39, 0.29) is 13.2 Å². The van der Waals surface area contributed by atoms with E-state index in [9.17, 15) is 5.11 Å². The van der Waals surface area contributed by atoms with E-state index in [0.717, 1.165) is 5.56 Å². The first-order valence-corrected chi connectivity index (χ1v) is 4.74. The van der Waals surface area contributed by atoms with Gasteiger partial charge in [0.2, 0.25) is 0 Å². The minimum Gasteiger partial charge on any atom is -0.396 e. The van der Waals surface area contributed by atoms with Crippen molar-refractivity contribution in [2.75, 3.05) is 24.2 Å². The first-order valence-electron chi connectivity index (χ1n) is 4.74. The molecule has 0 fully saturated rings. The van der Waals surface area contributed by atoms with Crippen LogP contribution in [0.2, 0.25) is 0 Å². The lowest BCUT2D eigenvalue weighted by atomic mass is 10.1. The first-order chi connectivity index (χ1) is 6.94. The molecule has 5 N–H and O–H groups in total. The molecule has 0 saturated heterocycles. The zero-order valence-electron chi connectivity index (χ0n) is 8.99. The SMILES string of the molecule is Cc1cnc(NCC(C)(O)CO)c(N)c1. The van der Waals surface area contributed by atoms with Crippen molar-refractivity contribution in [2.45, 2.75) is 19.4 Å². The standard InChI is InChI=1S/C10H17N3O2/c1-7-3-8(11)9(12-4-7)13-5-10(2,15)6-14/h3-4,14-15H,5-6,11H2,1-2H3,(H,12,13). The van der Waals surface area contributed by atoms with Crippen molar-refractivity contribution in [2.24, 2.45) is 0 Å². The molecule has 0 amide bonds. The Bertz CT molecular complexity index is 339. The molecule has 5 heteroatoms. The third-order valence-corrected chi connectivity index (χ3v) is 2.03. The summed E-state index contributed by atoms with van der Waals surface area (Å²) in [6.45, 7) is 3.32. The van der Waals surface area contributed by atoms with Crippen LogP contribution in [0.5, 0.6) is 0 Å². The molecular formula is C10H17N3O2. The Kier molecular flexibility index (Phi) is 3.49. The van der Waals surface area contributed by atoms with E-state index in [2.05, 4.69) is 10.3 Å². The number of rotatable bonds is 4. The highest BCUT2D eigenvalue weighted by Gasteiger charge is 2.18. The fourth-order valence-corrected chi connectivity index (χ4v) is 1.07. The lowest BCUT2D eigenvalue weighted by molar-refractivity contribution is 0.0132. The number of anilines is 2. The molecule has 1 aromatic heterocycles. The Labute approximate surface area is 89.0 Å². The second kappa shape index (κ2) is 4.46. The van der Waals surface area contributed by atoms with Crippen molar-refractivity contribution in [1.82, 2.24) is 4.98 Å². The molecule has 1 aromatic rings. The van der Waals surface area contributed by atoms with Crippen LogP contribution in [0.3, 0.4) is 0 Å². The number of nitrogen functional groups attached to an aromatic ring is 1.